The van der Waals surface area contributed by atoms with Crippen LogP contribution in [0.1, 0.15) is 11.1 Å². The molecule has 1 amide bonds. The first-order chi connectivity index (χ1) is 15.6. The van der Waals surface area contributed by atoms with Gasteiger partial charge in [0, 0.05) is 63.0 Å². The van der Waals surface area contributed by atoms with Crippen molar-refractivity contribution in [1.82, 2.24) is 9.80 Å². The molecule has 32 heavy (non-hydrogen) atoms. The lowest BCUT2D eigenvalue weighted by Gasteiger charge is -2.35. The predicted octanol–water partition coefficient (Wildman–Crippen LogP) is 3.01. The summed E-state index contributed by atoms with van der Waals surface area (Å²) in [5, 5.41) is 11.9. The first-order valence-corrected chi connectivity index (χ1v) is 12.1. The minimum atomic E-state index is -0.376. The van der Waals surface area contributed by atoms with Gasteiger partial charge in [0.25, 0.3) is 0 Å². The fourth-order valence-corrected chi connectivity index (χ4v) is 5.13. The number of piperazine rings is 1. The molecule has 8 heteroatoms. The Morgan fingerprint density at radius 2 is 1.81 bits per heavy atom. The molecule has 0 unspecified atom stereocenters. The minimum Gasteiger partial charge on any atom is -0.367 e. The number of halogens is 1. The first-order valence-electron chi connectivity index (χ1n) is 11.0. The van der Waals surface area contributed by atoms with Crippen molar-refractivity contribution < 1.29 is 9.18 Å². The Hall–Kier alpha value is -2.60. The molecule has 2 saturated heterocycles. The molecule has 0 bridgehead atoms. The molecular weight excluding hydrogens is 425 g/mol. The van der Waals surface area contributed by atoms with E-state index in [0.717, 1.165) is 25.3 Å². The number of amides is 1. The summed E-state index contributed by atoms with van der Waals surface area (Å²) in [6.45, 7) is 6.09. The number of nitrogens with one attached hydrogen (secondary N) is 1. The van der Waals surface area contributed by atoms with Gasteiger partial charge in [0.15, 0.2) is 0 Å². The normalized spacial score (nSPS) is 17.7. The van der Waals surface area contributed by atoms with Gasteiger partial charge in [-0.3, -0.25) is 14.6 Å². The zero-order chi connectivity index (χ0) is 22.3. The molecule has 4 rings (SSSR count). The van der Waals surface area contributed by atoms with E-state index in [9.17, 15) is 9.18 Å². The maximum atomic E-state index is 14.3. The summed E-state index contributed by atoms with van der Waals surface area (Å²) >= 11 is 2.00. The molecule has 168 valence electrons. The van der Waals surface area contributed by atoms with Crippen LogP contribution in [0.25, 0.3) is 0 Å². The second-order valence-corrected chi connectivity index (χ2v) is 9.40. The third-order valence-electron chi connectivity index (χ3n) is 5.88. The predicted molar refractivity (Wildman–Crippen MR) is 127 cm³/mol. The number of hydrogen-bond donors (Lipinski definition) is 1. The van der Waals surface area contributed by atoms with Gasteiger partial charge in [0.2, 0.25) is 5.91 Å². The number of carbonyl (C=O) groups is 1. The van der Waals surface area contributed by atoms with E-state index in [2.05, 4.69) is 27.2 Å². The van der Waals surface area contributed by atoms with E-state index in [1.54, 1.807) is 12.1 Å². The molecular formula is C24H28FN5OS. The number of carbonyl (C=O) groups excluding carboxylic acids is 1. The molecule has 2 aromatic rings. The van der Waals surface area contributed by atoms with Crippen LogP contribution in [0.3, 0.4) is 0 Å². The van der Waals surface area contributed by atoms with E-state index in [-0.39, 0.29) is 11.7 Å². The lowest BCUT2D eigenvalue weighted by molar-refractivity contribution is -0.117. The van der Waals surface area contributed by atoms with Crippen molar-refractivity contribution in [3.8, 4) is 6.07 Å². The van der Waals surface area contributed by atoms with E-state index in [1.807, 2.05) is 34.9 Å². The molecule has 0 aliphatic carbocycles. The fraction of sp³-hybridized carbons (Fsp3) is 0.417. The van der Waals surface area contributed by atoms with Crippen molar-refractivity contribution in [2.24, 2.45) is 0 Å². The second kappa shape index (κ2) is 10.8. The number of rotatable bonds is 6. The van der Waals surface area contributed by atoms with Gasteiger partial charge in [-0.25, -0.2) is 4.39 Å². The zero-order valence-electron chi connectivity index (χ0n) is 18.1. The minimum absolute atomic E-state index is 0.0328. The fourth-order valence-electron chi connectivity index (χ4n) is 4.15. The monoisotopic (exact) mass is 453 g/mol. The molecule has 2 aliphatic heterocycles. The number of benzene rings is 2. The van der Waals surface area contributed by atoms with E-state index in [4.69, 9.17) is 5.26 Å². The van der Waals surface area contributed by atoms with Crippen LogP contribution in [0.5, 0.6) is 0 Å². The average Bonchev–Trinajstić information content (AvgIpc) is 2.80. The maximum absolute atomic E-state index is 14.3. The molecule has 0 spiro atoms. The van der Waals surface area contributed by atoms with Gasteiger partial charge < -0.3 is 10.2 Å². The molecule has 0 atom stereocenters. The molecule has 2 aliphatic rings. The molecule has 2 aromatic carbocycles. The van der Waals surface area contributed by atoms with E-state index >= 15 is 0 Å². The maximum Gasteiger partial charge on any atom is 0.238 e. The van der Waals surface area contributed by atoms with Crippen LogP contribution in [0.4, 0.5) is 15.8 Å². The Labute approximate surface area is 193 Å². The first kappa shape index (κ1) is 22.6. The summed E-state index contributed by atoms with van der Waals surface area (Å²) < 4.78 is 14.3. The summed E-state index contributed by atoms with van der Waals surface area (Å²) in [7, 11) is 0. The number of thioether (sulfide) groups is 1. The number of hydrogen-bond acceptors (Lipinski definition) is 6. The topological polar surface area (TPSA) is 62.6 Å². The van der Waals surface area contributed by atoms with Gasteiger partial charge in [-0.05, 0) is 35.9 Å². The standard InChI is InChI=1S/C24H28FN5OS/c25-22-15-19(16-26)4-5-23(22)30-8-6-28(7-9-30)18-24(31)27-21-3-1-2-20(14-21)17-29-10-12-32-13-11-29/h1-5,14-15H,6-13,17-18H2,(H,27,31). The lowest BCUT2D eigenvalue weighted by atomic mass is 10.1. The van der Waals surface area contributed by atoms with E-state index in [0.29, 0.717) is 44.0 Å². The highest BCUT2D eigenvalue weighted by molar-refractivity contribution is 7.99. The van der Waals surface area contributed by atoms with E-state index < -0.39 is 0 Å². The van der Waals surface area contributed by atoms with Gasteiger partial charge in [0.1, 0.15) is 5.82 Å². The molecule has 0 saturated carbocycles. The average molecular weight is 454 g/mol. The van der Waals surface area contributed by atoms with Crippen molar-refractivity contribution in [2.45, 2.75) is 6.54 Å². The zero-order valence-corrected chi connectivity index (χ0v) is 18.9. The number of nitrogens with zero attached hydrogens (tertiary/aromatic N) is 4. The van der Waals surface area contributed by atoms with Crippen LogP contribution in [-0.2, 0) is 11.3 Å². The van der Waals surface area contributed by atoms with Crippen LogP contribution in [0, 0.1) is 17.1 Å². The molecule has 0 aromatic heterocycles. The molecule has 2 heterocycles. The Morgan fingerprint density at radius 1 is 1.03 bits per heavy atom. The summed E-state index contributed by atoms with van der Waals surface area (Å²) in [5.74, 6) is 1.95. The highest BCUT2D eigenvalue weighted by atomic mass is 32.2. The number of nitriles is 1. The Bertz CT molecular complexity index is 981. The lowest BCUT2D eigenvalue weighted by Crippen LogP contribution is -2.48. The molecule has 2 fully saturated rings. The molecule has 6 nitrogen and oxygen atoms in total. The third kappa shape index (κ3) is 6.00. The van der Waals surface area contributed by atoms with Crippen molar-refractivity contribution in [1.29, 1.82) is 5.26 Å². The van der Waals surface area contributed by atoms with Crippen LogP contribution >= 0.6 is 11.8 Å². The molecule has 0 radical (unpaired) electrons. The third-order valence-corrected chi connectivity index (χ3v) is 6.82. The summed E-state index contributed by atoms with van der Waals surface area (Å²) in [6.07, 6.45) is 0. The smallest absolute Gasteiger partial charge is 0.238 e. The van der Waals surface area contributed by atoms with E-state index in [1.165, 1.54) is 23.1 Å². The van der Waals surface area contributed by atoms with Crippen LogP contribution in [0.15, 0.2) is 42.5 Å². The summed E-state index contributed by atoms with van der Waals surface area (Å²) in [4.78, 5) is 19.1. The van der Waals surface area contributed by atoms with Crippen molar-refractivity contribution in [3.63, 3.8) is 0 Å². The van der Waals surface area contributed by atoms with Crippen LogP contribution < -0.4 is 10.2 Å². The SMILES string of the molecule is N#Cc1ccc(N2CCN(CC(=O)Nc3cccc(CN4CCSCC4)c3)CC2)c(F)c1. The Balaban J connectivity index is 1.25. The highest BCUT2D eigenvalue weighted by Gasteiger charge is 2.21. The van der Waals surface area contributed by atoms with Crippen molar-refractivity contribution in [2.75, 3.05) is 67.5 Å². The largest absolute Gasteiger partial charge is 0.367 e. The van der Waals surface area contributed by atoms with Gasteiger partial charge >= 0.3 is 0 Å². The number of anilines is 2. The summed E-state index contributed by atoms with van der Waals surface area (Å²) in [5.41, 5.74) is 2.88. The second-order valence-electron chi connectivity index (χ2n) is 8.18. The van der Waals surface area contributed by atoms with Crippen molar-refractivity contribution in [3.05, 3.63) is 59.4 Å². The van der Waals surface area contributed by atoms with Gasteiger partial charge in [0.05, 0.1) is 23.9 Å². The van der Waals surface area contributed by atoms with Crippen LogP contribution in [0.2, 0.25) is 0 Å². The highest BCUT2D eigenvalue weighted by Crippen LogP contribution is 2.22. The quantitative estimate of drug-likeness (QED) is 0.726. The summed E-state index contributed by atoms with van der Waals surface area (Å²) in [6, 6.07) is 14.6. The van der Waals surface area contributed by atoms with Crippen molar-refractivity contribution >= 4 is 29.0 Å². The van der Waals surface area contributed by atoms with Gasteiger partial charge in [-0.2, -0.15) is 17.0 Å². The van der Waals surface area contributed by atoms with Gasteiger partial charge in [-0.1, -0.05) is 12.1 Å². The van der Waals surface area contributed by atoms with Crippen LogP contribution in [-0.4, -0.2) is 73.0 Å². The molecule has 1 N–H and O–H groups in total. The Morgan fingerprint density at radius 3 is 2.53 bits per heavy atom. The Kier molecular flexibility index (Phi) is 7.63. The van der Waals surface area contributed by atoms with Gasteiger partial charge in [-0.15, -0.1) is 0 Å².